The number of hydrogen-bond acceptors (Lipinski definition) is 3. The Bertz CT molecular complexity index is 416. The van der Waals surface area contributed by atoms with Gasteiger partial charge in [-0.15, -0.1) is 0 Å². The second-order valence-electron chi connectivity index (χ2n) is 6.08. The highest BCUT2D eigenvalue weighted by molar-refractivity contribution is 5.27. The summed E-state index contributed by atoms with van der Waals surface area (Å²) in [6, 6.07) is 0.397. The summed E-state index contributed by atoms with van der Waals surface area (Å²) in [5.41, 5.74) is 3.81. The Morgan fingerprint density at radius 3 is 2.42 bits per heavy atom. The number of hydrogen-bond donors (Lipinski definition) is 1. The van der Waals surface area contributed by atoms with E-state index < -0.39 is 0 Å². The minimum Gasteiger partial charge on any atom is -0.310 e. The molecular weight excluding hydrogens is 236 g/mol. The molecule has 0 spiro atoms. The van der Waals surface area contributed by atoms with Gasteiger partial charge < -0.3 is 10.2 Å². The smallest absolute Gasteiger partial charge is 0.0644 e. The lowest BCUT2D eigenvalue weighted by Crippen LogP contribution is -2.35. The molecule has 0 saturated carbocycles. The predicted octanol–water partition coefficient (Wildman–Crippen LogP) is 2.03. The van der Waals surface area contributed by atoms with Crippen molar-refractivity contribution >= 4 is 0 Å². The van der Waals surface area contributed by atoms with Crippen LogP contribution in [0.3, 0.4) is 0 Å². The molecule has 1 aromatic heterocycles. The average Bonchev–Trinajstić information content (AvgIpc) is 2.62. The van der Waals surface area contributed by atoms with Crippen LogP contribution in [0.25, 0.3) is 0 Å². The van der Waals surface area contributed by atoms with Gasteiger partial charge in [0.1, 0.15) is 0 Å². The fraction of sp³-hybridized carbons (Fsp3) is 0.800. The summed E-state index contributed by atoms with van der Waals surface area (Å²) in [5.74, 6) is 0.830. The lowest BCUT2D eigenvalue weighted by atomic mass is 9.96. The summed E-state index contributed by atoms with van der Waals surface area (Å²) in [6.45, 7) is 10.1. The van der Waals surface area contributed by atoms with Gasteiger partial charge in [-0.3, -0.25) is 4.68 Å². The van der Waals surface area contributed by atoms with Crippen molar-refractivity contribution in [2.75, 3.05) is 26.7 Å². The number of nitrogens with one attached hydrogen (secondary N) is 1. The van der Waals surface area contributed by atoms with Crippen LogP contribution < -0.4 is 5.32 Å². The maximum Gasteiger partial charge on any atom is 0.0644 e. The molecule has 1 aliphatic rings. The fourth-order valence-corrected chi connectivity index (χ4v) is 3.13. The Kier molecular flexibility index (Phi) is 4.63. The highest BCUT2D eigenvalue weighted by atomic mass is 15.3. The van der Waals surface area contributed by atoms with Crippen LogP contribution in [0.15, 0.2) is 0 Å². The van der Waals surface area contributed by atoms with Crippen LogP contribution in [-0.2, 0) is 7.05 Å². The molecule has 4 heteroatoms. The normalized spacial score (nSPS) is 19.8. The third-order valence-electron chi connectivity index (χ3n) is 4.55. The van der Waals surface area contributed by atoms with E-state index in [0.717, 1.165) is 18.2 Å². The summed E-state index contributed by atoms with van der Waals surface area (Å²) in [5, 5.41) is 8.21. The minimum absolute atomic E-state index is 0.397. The second kappa shape index (κ2) is 6.06. The van der Waals surface area contributed by atoms with Gasteiger partial charge in [0, 0.05) is 24.3 Å². The van der Waals surface area contributed by atoms with Crippen molar-refractivity contribution in [2.24, 2.45) is 13.0 Å². The molecule has 0 amide bonds. The molecule has 1 N–H and O–H groups in total. The fourth-order valence-electron chi connectivity index (χ4n) is 3.13. The number of aryl methyl sites for hydroxylation is 2. The van der Waals surface area contributed by atoms with Crippen molar-refractivity contribution in [1.29, 1.82) is 0 Å². The number of rotatable bonds is 4. The molecule has 1 saturated heterocycles. The molecule has 1 fully saturated rings. The summed E-state index contributed by atoms with van der Waals surface area (Å²) in [7, 11) is 4.24. The van der Waals surface area contributed by atoms with E-state index in [0.29, 0.717) is 6.04 Å². The quantitative estimate of drug-likeness (QED) is 0.903. The Labute approximate surface area is 117 Å². The monoisotopic (exact) mass is 264 g/mol. The van der Waals surface area contributed by atoms with E-state index in [1.807, 2.05) is 11.7 Å². The highest BCUT2D eigenvalue weighted by Gasteiger charge is 2.20. The average molecular weight is 264 g/mol. The van der Waals surface area contributed by atoms with Crippen LogP contribution in [-0.4, -0.2) is 41.4 Å². The molecule has 0 aliphatic carbocycles. The van der Waals surface area contributed by atoms with Crippen molar-refractivity contribution in [3.8, 4) is 0 Å². The lowest BCUT2D eigenvalue weighted by molar-refractivity contribution is 0.213. The third-order valence-corrected chi connectivity index (χ3v) is 4.55. The van der Waals surface area contributed by atoms with Gasteiger partial charge in [0.15, 0.2) is 0 Å². The highest BCUT2D eigenvalue weighted by Crippen LogP contribution is 2.22. The van der Waals surface area contributed by atoms with Gasteiger partial charge in [0.25, 0.3) is 0 Å². The van der Waals surface area contributed by atoms with Crippen LogP contribution in [0.5, 0.6) is 0 Å². The molecule has 0 aromatic carbocycles. The van der Waals surface area contributed by atoms with Gasteiger partial charge in [-0.1, -0.05) is 0 Å². The van der Waals surface area contributed by atoms with Gasteiger partial charge in [-0.25, -0.2) is 0 Å². The summed E-state index contributed by atoms with van der Waals surface area (Å²) < 4.78 is 1.98. The molecule has 19 heavy (non-hydrogen) atoms. The number of likely N-dealkylation sites (tertiary alicyclic amines) is 1. The zero-order valence-corrected chi connectivity index (χ0v) is 13.0. The Balaban J connectivity index is 1.89. The lowest BCUT2D eigenvalue weighted by Gasteiger charge is -2.30. The van der Waals surface area contributed by atoms with Gasteiger partial charge in [-0.05, 0) is 66.2 Å². The third kappa shape index (κ3) is 3.37. The number of aromatic nitrogens is 2. The van der Waals surface area contributed by atoms with Crippen LogP contribution in [0, 0.1) is 19.8 Å². The minimum atomic E-state index is 0.397. The van der Waals surface area contributed by atoms with Gasteiger partial charge >= 0.3 is 0 Å². The van der Waals surface area contributed by atoms with Gasteiger partial charge in [0.2, 0.25) is 0 Å². The Morgan fingerprint density at radius 1 is 1.26 bits per heavy atom. The van der Waals surface area contributed by atoms with Gasteiger partial charge in [-0.2, -0.15) is 5.10 Å². The topological polar surface area (TPSA) is 33.1 Å². The summed E-state index contributed by atoms with van der Waals surface area (Å²) >= 11 is 0. The molecule has 0 bridgehead atoms. The number of piperidine rings is 1. The van der Waals surface area contributed by atoms with Crippen LogP contribution in [0.4, 0.5) is 0 Å². The molecular formula is C15H28N4. The number of nitrogens with zero attached hydrogens (tertiary/aromatic N) is 3. The molecule has 2 heterocycles. The first-order valence-electron chi connectivity index (χ1n) is 7.41. The van der Waals surface area contributed by atoms with E-state index in [4.69, 9.17) is 0 Å². The first kappa shape index (κ1) is 14.5. The van der Waals surface area contributed by atoms with Crippen molar-refractivity contribution in [3.63, 3.8) is 0 Å². The summed E-state index contributed by atoms with van der Waals surface area (Å²) in [4.78, 5) is 2.43. The molecule has 1 aliphatic heterocycles. The van der Waals surface area contributed by atoms with Crippen molar-refractivity contribution in [1.82, 2.24) is 20.0 Å². The maximum absolute atomic E-state index is 4.51. The molecule has 1 aromatic rings. The van der Waals surface area contributed by atoms with Crippen molar-refractivity contribution in [3.05, 3.63) is 17.0 Å². The molecule has 1 atom stereocenters. The molecule has 4 nitrogen and oxygen atoms in total. The largest absolute Gasteiger partial charge is 0.310 e. The van der Waals surface area contributed by atoms with Crippen LogP contribution in [0.1, 0.15) is 42.8 Å². The van der Waals surface area contributed by atoms with Crippen molar-refractivity contribution in [2.45, 2.75) is 39.7 Å². The summed E-state index contributed by atoms with van der Waals surface area (Å²) in [6.07, 6.45) is 2.64. The van der Waals surface area contributed by atoms with E-state index >= 15 is 0 Å². The Hall–Kier alpha value is -0.870. The zero-order valence-electron chi connectivity index (χ0n) is 13.0. The van der Waals surface area contributed by atoms with Gasteiger partial charge in [0.05, 0.1) is 5.69 Å². The van der Waals surface area contributed by atoms with E-state index in [9.17, 15) is 0 Å². The molecule has 1 unspecified atom stereocenters. The standard InChI is InChI=1S/C15H28N4/c1-11(15-12(2)17-19(5)13(15)3)16-10-14-6-8-18(4)9-7-14/h11,14,16H,6-10H2,1-5H3. The van der Waals surface area contributed by atoms with Crippen LogP contribution >= 0.6 is 0 Å². The second-order valence-corrected chi connectivity index (χ2v) is 6.08. The maximum atomic E-state index is 4.51. The van der Waals surface area contributed by atoms with E-state index in [1.165, 1.54) is 37.2 Å². The van der Waals surface area contributed by atoms with Crippen molar-refractivity contribution < 1.29 is 0 Å². The molecule has 2 rings (SSSR count). The zero-order chi connectivity index (χ0) is 14.0. The predicted molar refractivity (Wildman–Crippen MR) is 79.3 cm³/mol. The van der Waals surface area contributed by atoms with E-state index in [1.54, 1.807) is 0 Å². The van der Waals surface area contributed by atoms with E-state index in [2.05, 4.69) is 43.1 Å². The van der Waals surface area contributed by atoms with E-state index in [-0.39, 0.29) is 0 Å². The Morgan fingerprint density at radius 2 is 1.89 bits per heavy atom. The molecule has 108 valence electrons. The first-order chi connectivity index (χ1) is 8.99. The van der Waals surface area contributed by atoms with Crippen LogP contribution in [0.2, 0.25) is 0 Å². The first-order valence-corrected chi connectivity index (χ1v) is 7.41. The SMILES string of the molecule is Cc1nn(C)c(C)c1C(C)NCC1CCN(C)CC1. The molecule has 0 radical (unpaired) electrons.